The minimum Gasteiger partial charge on any atom is -0.399 e. The molecule has 5 N–H and O–H groups in total. The average Bonchev–Trinajstić information content (AvgIpc) is 2.19. The largest absolute Gasteiger partial charge is 0.399 e. The third-order valence-electron chi connectivity index (χ3n) is 2.05. The highest BCUT2D eigenvalue weighted by atomic mass is 32.2. The summed E-state index contributed by atoms with van der Waals surface area (Å²) in [4.78, 5) is 11.4. The second-order valence-corrected chi connectivity index (χ2v) is 5.37. The molecule has 1 aromatic rings. The molecule has 0 aliphatic rings. The molecule has 0 unspecified atom stereocenters. The molecule has 1 rings (SSSR count). The number of nitrogen functional groups attached to an aromatic ring is 1. The van der Waals surface area contributed by atoms with Crippen LogP contribution in [0.5, 0.6) is 0 Å². The van der Waals surface area contributed by atoms with Gasteiger partial charge in [0.2, 0.25) is 15.9 Å². The van der Waals surface area contributed by atoms with E-state index >= 15 is 0 Å². The van der Waals surface area contributed by atoms with Crippen molar-refractivity contribution in [2.24, 2.45) is 5.14 Å². The number of hydrogen-bond acceptors (Lipinski definition) is 4. The average molecular weight is 257 g/mol. The van der Waals surface area contributed by atoms with Gasteiger partial charge in [0.1, 0.15) is 0 Å². The lowest BCUT2D eigenvalue weighted by Crippen LogP contribution is -2.32. The molecule has 6 nitrogen and oxygen atoms in total. The van der Waals surface area contributed by atoms with E-state index in [1.807, 2.05) is 0 Å². The second-order valence-electron chi connectivity index (χ2n) is 3.64. The monoisotopic (exact) mass is 257 g/mol. The topological polar surface area (TPSA) is 115 Å². The predicted octanol–water partition coefficient (Wildman–Crippen LogP) is -0.784. The molecule has 0 aliphatic heterocycles. The van der Waals surface area contributed by atoms with Crippen molar-refractivity contribution in [1.29, 1.82) is 0 Å². The van der Waals surface area contributed by atoms with Crippen LogP contribution in [0.3, 0.4) is 0 Å². The summed E-state index contributed by atoms with van der Waals surface area (Å²) >= 11 is 0. The van der Waals surface area contributed by atoms with Gasteiger partial charge in [0.25, 0.3) is 0 Å². The van der Waals surface area contributed by atoms with E-state index in [0.29, 0.717) is 5.69 Å². The van der Waals surface area contributed by atoms with E-state index in [0.717, 1.165) is 5.56 Å². The van der Waals surface area contributed by atoms with Gasteiger partial charge in [0.05, 0.1) is 12.2 Å². The van der Waals surface area contributed by atoms with Crippen molar-refractivity contribution in [3.05, 3.63) is 29.8 Å². The molecule has 94 valence electrons. The fourth-order valence-corrected chi connectivity index (χ4v) is 1.60. The van der Waals surface area contributed by atoms with Crippen LogP contribution in [0.25, 0.3) is 0 Å². The van der Waals surface area contributed by atoms with Crippen LogP contribution in [-0.2, 0) is 21.2 Å². The zero-order valence-electron chi connectivity index (χ0n) is 9.22. The Kier molecular flexibility index (Phi) is 4.47. The third kappa shape index (κ3) is 5.88. The maximum absolute atomic E-state index is 11.4. The van der Waals surface area contributed by atoms with E-state index in [1.54, 1.807) is 24.3 Å². The Morgan fingerprint density at radius 1 is 1.24 bits per heavy atom. The fraction of sp³-hybridized carbons (Fsp3) is 0.300. The van der Waals surface area contributed by atoms with Crippen LogP contribution in [0, 0.1) is 0 Å². The van der Waals surface area contributed by atoms with Crippen molar-refractivity contribution in [3.8, 4) is 0 Å². The van der Waals surface area contributed by atoms with E-state index < -0.39 is 10.0 Å². The number of rotatable bonds is 5. The van der Waals surface area contributed by atoms with E-state index in [4.69, 9.17) is 10.9 Å². The number of nitrogens with one attached hydrogen (secondary N) is 1. The summed E-state index contributed by atoms with van der Waals surface area (Å²) in [5.74, 6) is -0.515. The lowest BCUT2D eigenvalue weighted by molar-refractivity contribution is -0.120. The number of benzene rings is 1. The molecule has 1 aromatic carbocycles. The predicted molar refractivity (Wildman–Crippen MR) is 65.5 cm³/mol. The number of sulfonamides is 1. The zero-order valence-corrected chi connectivity index (χ0v) is 10.0. The Morgan fingerprint density at radius 2 is 1.82 bits per heavy atom. The first-order valence-corrected chi connectivity index (χ1v) is 6.70. The van der Waals surface area contributed by atoms with Crippen LogP contribution in [0.1, 0.15) is 5.56 Å². The third-order valence-corrected chi connectivity index (χ3v) is 2.83. The van der Waals surface area contributed by atoms with Crippen molar-refractivity contribution < 1.29 is 13.2 Å². The Hall–Kier alpha value is -1.60. The Morgan fingerprint density at radius 3 is 2.35 bits per heavy atom. The highest BCUT2D eigenvalue weighted by Crippen LogP contribution is 2.05. The van der Waals surface area contributed by atoms with Crippen LogP contribution in [0.15, 0.2) is 24.3 Å². The van der Waals surface area contributed by atoms with Gasteiger partial charge in [-0.05, 0) is 17.7 Å². The van der Waals surface area contributed by atoms with E-state index in [2.05, 4.69) is 5.32 Å². The maximum Gasteiger partial charge on any atom is 0.224 e. The van der Waals surface area contributed by atoms with Crippen molar-refractivity contribution in [2.75, 3.05) is 18.0 Å². The first kappa shape index (κ1) is 13.5. The molecule has 0 saturated heterocycles. The molecule has 0 radical (unpaired) electrons. The van der Waals surface area contributed by atoms with Gasteiger partial charge in [-0.2, -0.15) is 0 Å². The van der Waals surface area contributed by atoms with Crippen LogP contribution < -0.4 is 16.2 Å². The van der Waals surface area contributed by atoms with Gasteiger partial charge in [-0.25, -0.2) is 13.6 Å². The maximum atomic E-state index is 11.4. The van der Waals surface area contributed by atoms with Gasteiger partial charge in [-0.15, -0.1) is 0 Å². The minimum atomic E-state index is -3.53. The van der Waals surface area contributed by atoms with E-state index in [9.17, 15) is 13.2 Å². The quantitative estimate of drug-likeness (QED) is 0.600. The smallest absolute Gasteiger partial charge is 0.224 e. The van der Waals surface area contributed by atoms with Crippen molar-refractivity contribution in [1.82, 2.24) is 5.32 Å². The molecular weight excluding hydrogens is 242 g/mol. The van der Waals surface area contributed by atoms with Crippen LogP contribution >= 0.6 is 0 Å². The Balaban J connectivity index is 2.37. The summed E-state index contributed by atoms with van der Waals surface area (Å²) in [6, 6.07) is 6.89. The lowest BCUT2D eigenvalue weighted by Gasteiger charge is -2.04. The summed E-state index contributed by atoms with van der Waals surface area (Å²) in [7, 11) is -3.53. The first-order chi connectivity index (χ1) is 7.87. The molecule has 0 spiro atoms. The van der Waals surface area contributed by atoms with Gasteiger partial charge in [0.15, 0.2) is 0 Å². The normalized spacial score (nSPS) is 11.1. The van der Waals surface area contributed by atoms with Crippen molar-refractivity contribution in [2.45, 2.75) is 6.42 Å². The van der Waals surface area contributed by atoms with Crippen molar-refractivity contribution in [3.63, 3.8) is 0 Å². The number of nitrogens with two attached hydrogens (primary N) is 2. The summed E-state index contributed by atoms with van der Waals surface area (Å²) in [6.45, 7) is 0.0205. The Labute approximate surface area is 100 Å². The van der Waals surface area contributed by atoms with Crippen LogP contribution in [-0.4, -0.2) is 26.6 Å². The minimum absolute atomic E-state index is 0.0205. The molecule has 0 bridgehead atoms. The van der Waals surface area contributed by atoms with Gasteiger partial charge in [0, 0.05) is 12.2 Å². The van der Waals surface area contributed by atoms with Gasteiger partial charge >= 0.3 is 0 Å². The standard InChI is InChI=1S/C10H15N3O3S/c11-9-3-1-8(2-4-9)7-10(14)13-5-6-17(12,15)16/h1-4H,5-7,11H2,(H,13,14)(H2,12,15,16). The van der Waals surface area contributed by atoms with Crippen molar-refractivity contribution >= 4 is 21.6 Å². The summed E-state index contributed by atoms with van der Waals surface area (Å²) < 4.78 is 21.2. The fourth-order valence-electron chi connectivity index (χ4n) is 1.22. The second kappa shape index (κ2) is 5.65. The van der Waals surface area contributed by atoms with Gasteiger partial charge < -0.3 is 11.1 Å². The first-order valence-electron chi connectivity index (χ1n) is 4.98. The summed E-state index contributed by atoms with van der Waals surface area (Å²) in [6.07, 6.45) is 0.185. The molecular formula is C10H15N3O3S. The van der Waals surface area contributed by atoms with E-state index in [-0.39, 0.29) is 24.6 Å². The highest BCUT2D eigenvalue weighted by molar-refractivity contribution is 7.89. The van der Waals surface area contributed by atoms with Crippen LogP contribution in [0.2, 0.25) is 0 Å². The number of carbonyl (C=O) groups is 1. The zero-order chi connectivity index (χ0) is 12.9. The molecule has 1 amide bonds. The highest BCUT2D eigenvalue weighted by Gasteiger charge is 2.06. The van der Waals surface area contributed by atoms with E-state index in [1.165, 1.54) is 0 Å². The number of carbonyl (C=O) groups excluding carboxylic acids is 1. The molecule has 0 aliphatic carbocycles. The summed E-state index contributed by atoms with van der Waals surface area (Å²) in [5, 5.41) is 7.27. The molecule has 0 fully saturated rings. The molecule has 0 heterocycles. The molecule has 0 aromatic heterocycles. The summed E-state index contributed by atoms with van der Waals surface area (Å²) in [5.41, 5.74) is 6.94. The SMILES string of the molecule is Nc1ccc(CC(=O)NCCS(N)(=O)=O)cc1. The van der Waals surface area contributed by atoms with Gasteiger partial charge in [-0.1, -0.05) is 12.1 Å². The van der Waals surface area contributed by atoms with Crippen LogP contribution in [0.4, 0.5) is 5.69 Å². The molecule has 0 saturated carbocycles. The Bertz CT molecular complexity index is 482. The molecule has 17 heavy (non-hydrogen) atoms. The molecule has 0 atom stereocenters. The number of amides is 1. The van der Waals surface area contributed by atoms with Gasteiger partial charge in [-0.3, -0.25) is 4.79 Å². The number of anilines is 1. The number of hydrogen-bond donors (Lipinski definition) is 3. The number of primary sulfonamides is 1. The molecule has 7 heteroatoms. The lowest BCUT2D eigenvalue weighted by atomic mass is 10.1.